The number of pyridine rings is 1. The van der Waals surface area contributed by atoms with E-state index in [4.69, 9.17) is 0 Å². The Morgan fingerprint density at radius 3 is 2.86 bits per heavy atom. The molecule has 0 fully saturated rings. The lowest BCUT2D eigenvalue weighted by molar-refractivity contribution is 0.445. The molecular weight excluding hydrogens is 278 g/mol. The van der Waals surface area contributed by atoms with Crippen LogP contribution in [0.3, 0.4) is 0 Å². The maximum atomic E-state index is 4.33. The lowest BCUT2D eigenvalue weighted by Crippen LogP contribution is -2.23. The lowest BCUT2D eigenvalue weighted by Gasteiger charge is -2.13. The van der Waals surface area contributed by atoms with E-state index in [9.17, 15) is 0 Å². The molecule has 0 saturated carbocycles. The van der Waals surface area contributed by atoms with Crippen molar-refractivity contribution in [3.63, 3.8) is 0 Å². The van der Waals surface area contributed by atoms with E-state index in [1.165, 1.54) is 0 Å². The fraction of sp³-hybridized carbons (Fsp3) is 0.467. The normalized spacial score (nSPS) is 13.1. The van der Waals surface area contributed by atoms with Crippen LogP contribution in [0.1, 0.15) is 38.5 Å². The largest absolute Gasteiger partial charge is 0.300 e. The fourth-order valence-corrected chi connectivity index (χ4v) is 2.41. The Bertz CT molecular complexity index is 743. The maximum absolute atomic E-state index is 4.33. The Kier molecular flexibility index (Phi) is 4.15. The zero-order valence-corrected chi connectivity index (χ0v) is 13.1. The van der Waals surface area contributed by atoms with Gasteiger partial charge in [-0.15, -0.1) is 10.2 Å². The highest BCUT2D eigenvalue weighted by Crippen LogP contribution is 2.12. The number of aromatic nitrogens is 6. The Hall–Kier alpha value is -2.28. The van der Waals surface area contributed by atoms with E-state index in [2.05, 4.69) is 46.4 Å². The van der Waals surface area contributed by atoms with Crippen LogP contribution in [-0.2, 0) is 13.1 Å². The van der Waals surface area contributed by atoms with Gasteiger partial charge in [0.25, 0.3) is 0 Å². The van der Waals surface area contributed by atoms with E-state index < -0.39 is 0 Å². The Morgan fingerprint density at radius 1 is 1.18 bits per heavy atom. The Balaban J connectivity index is 1.70. The topological polar surface area (TPSA) is 72.9 Å². The number of fused-ring (bicyclic) bond motifs is 1. The third kappa shape index (κ3) is 2.99. The third-order valence-electron chi connectivity index (χ3n) is 3.53. The van der Waals surface area contributed by atoms with Gasteiger partial charge in [-0.3, -0.25) is 4.40 Å². The molecule has 0 aliphatic carbocycles. The van der Waals surface area contributed by atoms with Crippen LogP contribution >= 0.6 is 0 Å². The van der Waals surface area contributed by atoms with Crippen molar-refractivity contribution in [1.82, 2.24) is 34.7 Å². The second-order valence-corrected chi connectivity index (χ2v) is 5.84. The van der Waals surface area contributed by atoms with Crippen molar-refractivity contribution < 1.29 is 0 Å². The summed E-state index contributed by atoms with van der Waals surface area (Å²) in [4.78, 5) is 4.33. The van der Waals surface area contributed by atoms with Crippen molar-refractivity contribution >= 4 is 5.65 Å². The quantitative estimate of drug-likeness (QED) is 0.751. The first-order valence-corrected chi connectivity index (χ1v) is 7.55. The molecule has 1 unspecified atom stereocenters. The molecule has 22 heavy (non-hydrogen) atoms. The molecule has 0 aromatic carbocycles. The molecule has 0 amide bonds. The van der Waals surface area contributed by atoms with Gasteiger partial charge in [0.05, 0.1) is 12.6 Å². The van der Waals surface area contributed by atoms with Crippen molar-refractivity contribution in [3.8, 4) is 0 Å². The maximum Gasteiger partial charge on any atom is 0.160 e. The standard InChI is InChI=1S/C15H21N7/c1-11(2)9-22-14(17-10-18-22)8-16-12(3)15-20-19-13-6-4-5-7-21(13)15/h4-7,10-12,16H,8-9H2,1-3H3. The fourth-order valence-electron chi connectivity index (χ4n) is 2.41. The molecule has 0 radical (unpaired) electrons. The number of nitrogens with one attached hydrogen (secondary N) is 1. The van der Waals surface area contributed by atoms with Crippen LogP contribution in [0.2, 0.25) is 0 Å². The summed E-state index contributed by atoms with van der Waals surface area (Å²) >= 11 is 0. The van der Waals surface area contributed by atoms with Gasteiger partial charge in [0.1, 0.15) is 12.2 Å². The SMILES string of the molecule is CC(C)Cn1ncnc1CNC(C)c1nnc2ccccn12. The van der Waals surface area contributed by atoms with Gasteiger partial charge in [-0.25, -0.2) is 9.67 Å². The minimum Gasteiger partial charge on any atom is -0.300 e. The average molecular weight is 299 g/mol. The average Bonchev–Trinajstić information content (AvgIpc) is 3.11. The molecule has 116 valence electrons. The summed E-state index contributed by atoms with van der Waals surface area (Å²) in [6.07, 6.45) is 3.58. The van der Waals surface area contributed by atoms with Gasteiger partial charge in [-0.2, -0.15) is 5.10 Å². The molecule has 1 N–H and O–H groups in total. The first-order chi connectivity index (χ1) is 10.6. The van der Waals surface area contributed by atoms with Gasteiger partial charge >= 0.3 is 0 Å². The summed E-state index contributed by atoms with van der Waals surface area (Å²) in [5.41, 5.74) is 0.856. The molecule has 7 heteroatoms. The highest BCUT2D eigenvalue weighted by atomic mass is 15.3. The van der Waals surface area contributed by atoms with E-state index in [-0.39, 0.29) is 6.04 Å². The van der Waals surface area contributed by atoms with Gasteiger partial charge in [-0.1, -0.05) is 19.9 Å². The van der Waals surface area contributed by atoms with E-state index in [0.717, 1.165) is 23.8 Å². The molecule has 0 saturated heterocycles. The number of nitrogens with zero attached hydrogens (tertiary/aromatic N) is 6. The predicted molar refractivity (Wildman–Crippen MR) is 83.1 cm³/mol. The van der Waals surface area contributed by atoms with Crippen molar-refractivity contribution in [2.45, 2.75) is 39.9 Å². The molecule has 0 aliphatic heterocycles. The van der Waals surface area contributed by atoms with Crippen LogP contribution in [0.25, 0.3) is 5.65 Å². The first kappa shape index (κ1) is 14.6. The van der Waals surface area contributed by atoms with Gasteiger partial charge in [0, 0.05) is 12.7 Å². The molecule has 0 bridgehead atoms. The van der Waals surface area contributed by atoms with Crippen LogP contribution in [0.15, 0.2) is 30.7 Å². The molecule has 0 aliphatic rings. The summed E-state index contributed by atoms with van der Waals surface area (Å²) < 4.78 is 3.95. The Labute approximate surface area is 129 Å². The van der Waals surface area contributed by atoms with Gasteiger partial charge in [0.2, 0.25) is 0 Å². The molecule has 3 rings (SSSR count). The highest BCUT2D eigenvalue weighted by Gasteiger charge is 2.14. The Morgan fingerprint density at radius 2 is 2.05 bits per heavy atom. The van der Waals surface area contributed by atoms with Gasteiger partial charge in [0.15, 0.2) is 11.5 Å². The van der Waals surface area contributed by atoms with Crippen LogP contribution in [0.4, 0.5) is 0 Å². The van der Waals surface area contributed by atoms with Gasteiger partial charge in [-0.05, 0) is 25.0 Å². The van der Waals surface area contributed by atoms with Crippen molar-refractivity contribution in [2.24, 2.45) is 5.92 Å². The molecule has 0 spiro atoms. The van der Waals surface area contributed by atoms with Crippen molar-refractivity contribution in [2.75, 3.05) is 0 Å². The predicted octanol–water partition coefficient (Wildman–Crippen LogP) is 1.83. The monoisotopic (exact) mass is 299 g/mol. The summed E-state index contributed by atoms with van der Waals surface area (Å²) in [6, 6.07) is 5.95. The summed E-state index contributed by atoms with van der Waals surface area (Å²) in [6.45, 7) is 7.94. The van der Waals surface area contributed by atoms with E-state index in [1.54, 1.807) is 6.33 Å². The van der Waals surface area contributed by atoms with Crippen LogP contribution in [0, 0.1) is 5.92 Å². The highest BCUT2D eigenvalue weighted by molar-refractivity contribution is 5.37. The summed E-state index contributed by atoms with van der Waals surface area (Å²) in [5, 5.41) is 16.2. The number of rotatable bonds is 6. The molecular formula is C15H21N7. The second-order valence-electron chi connectivity index (χ2n) is 5.84. The zero-order valence-electron chi connectivity index (χ0n) is 13.1. The van der Waals surface area contributed by atoms with E-state index in [1.807, 2.05) is 33.5 Å². The van der Waals surface area contributed by atoms with Crippen molar-refractivity contribution in [3.05, 3.63) is 42.4 Å². The third-order valence-corrected chi connectivity index (χ3v) is 3.53. The second kappa shape index (κ2) is 6.23. The summed E-state index contributed by atoms with van der Waals surface area (Å²) in [5.74, 6) is 2.37. The van der Waals surface area contributed by atoms with Gasteiger partial charge < -0.3 is 5.32 Å². The molecule has 1 atom stereocenters. The summed E-state index contributed by atoms with van der Waals surface area (Å²) in [7, 11) is 0. The molecule has 3 aromatic heterocycles. The van der Waals surface area contributed by atoms with E-state index >= 15 is 0 Å². The lowest BCUT2D eigenvalue weighted by atomic mass is 10.2. The molecule has 7 nitrogen and oxygen atoms in total. The number of hydrogen-bond donors (Lipinski definition) is 1. The van der Waals surface area contributed by atoms with Crippen LogP contribution < -0.4 is 5.32 Å². The first-order valence-electron chi connectivity index (χ1n) is 7.55. The smallest absolute Gasteiger partial charge is 0.160 e. The van der Waals surface area contributed by atoms with Crippen LogP contribution in [0.5, 0.6) is 0 Å². The van der Waals surface area contributed by atoms with Crippen molar-refractivity contribution in [1.29, 1.82) is 0 Å². The number of hydrogen-bond acceptors (Lipinski definition) is 5. The zero-order chi connectivity index (χ0) is 15.5. The molecule has 3 heterocycles. The van der Waals surface area contributed by atoms with E-state index in [0.29, 0.717) is 12.5 Å². The minimum atomic E-state index is 0.0709. The molecule has 3 aromatic rings. The minimum absolute atomic E-state index is 0.0709. The van der Waals surface area contributed by atoms with Crippen LogP contribution in [-0.4, -0.2) is 29.4 Å².